The van der Waals surface area contributed by atoms with E-state index >= 15 is 0 Å². The predicted octanol–water partition coefficient (Wildman–Crippen LogP) is 1.68. The highest BCUT2D eigenvalue weighted by molar-refractivity contribution is 6.30. The number of carbonyl (C=O) groups is 2. The predicted molar refractivity (Wildman–Crippen MR) is 66.9 cm³/mol. The van der Waals surface area contributed by atoms with Gasteiger partial charge in [0.05, 0.1) is 0 Å². The van der Waals surface area contributed by atoms with E-state index in [1.165, 1.54) is 6.92 Å². The van der Waals surface area contributed by atoms with Gasteiger partial charge >= 0.3 is 6.03 Å². The molecule has 0 bridgehead atoms. The molecule has 1 aromatic carbocycles. The van der Waals surface area contributed by atoms with Crippen LogP contribution in [0.2, 0.25) is 5.02 Å². The molecule has 0 saturated heterocycles. The summed E-state index contributed by atoms with van der Waals surface area (Å²) < 4.78 is 0. The van der Waals surface area contributed by atoms with E-state index in [2.05, 4.69) is 5.32 Å². The van der Waals surface area contributed by atoms with Crippen LogP contribution >= 0.6 is 11.6 Å². The van der Waals surface area contributed by atoms with Crippen molar-refractivity contribution in [2.45, 2.75) is 6.92 Å². The molecule has 6 heteroatoms. The van der Waals surface area contributed by atoms with Crippen LogP contribution in [0.5, 0.6) is 0 Å². The van der Waals surface area contributed by atoms with Crippen molar-refractivity contribution in [3.05, 3.63) is 29.3 Å². The third-order valence-corrected chi connectivity index (χ3v) is 2.29. The van der Waals surface area contributed by atoms with E-state index in [0.717, 1.165) is 4.90 Å². The van der Waals surface area contributed by atoms with E-state index in [0.29, 0.717) is 10.7 Å². The largest absolute Gasteiger partial charge is 0.329 e. The van der Waals surface area contributed by atoms with Crippen molar-refractivity contribution in [1.29, 1.82) is 0 Å². The van der Waals surface area contributed by atoms with Crippen LogP contribution in [0.25, 0.3) is 0 Å². The number of nitrogens with one attached hydrogen (secondary N) is 1. The SMILES string of the molecule is CC(=O)N(CCN)C(=O)Nc1cccc(Cl)c1. The summed E-state index contributed by atoms with van der Waals surface area (Å²) in [6, 6.07) is 6.18. The zero-order valence-corrected chi connectivity index (χ0v) is 10.2. The lowest BCUT2D eigenvalue weighted by Gasteiger charge is -2.18. The van der Waals surface area contributed by atoms with Crippen molar-refractivity contribution in [3.63, 3.8) is 0 Å². The van der Waals surface area contributed by atoms with Crippen LogP contribution in [0.3, 0.4) is 0 Å². The Morgan fingerprint density at radius 2 is 2.18 bits per heavy atom. The van der Waals surface area contributed by atoms with Crippen LogP contribution in [0.15, 0.2) is 24.3 Å². The van der Waals surface area contributed by atoms with Gasteiger partial charge in [-0.15, -0.1) is 0 Å². The first-order valence-corrected chi connectivity index (χ1v) is 5.47. The molecule has 5 nitrogen and oxygen atoms in total. The number of imide groups is 1. The molecule has 0 atom stereocenters. The van der Waals surface area contributed by atoms with Crippen molar-refractivity contribution in [2.24, 2.45) is 5.73 Å². The Kier molecular flexibility index (Phi) is 4.93. The summed E-state index contributed by atoms with van der Waals surface area (Å²) in [6.45, 7) is 1.72. The Labute approximate surface area is 105 Å². The number of nitrogens with two attached hydrogens (primary N) is 1. The molecule has 0 fully saturated rings. The lowest BCUT2D eigenvalue weighted by Crippen LogP contribution is -2.41. The first kappa shape index (κ1) is 13.5. The van der Waals surface area contributed by atoms with Crippen LogP contribution in [0, 0.1) is 0 Å². The molecule has 17 heavy (non-hydrogen) atoms. The van der Waals surface area contributed by atoms with Gasteiger partial charge in [0, 0.05) is 30.7 Å². The van der Waals surface area contributed by atoms with E-state index in [1.54, 1.807) is 24.3 Å². The molecule has 0 saturated carbocycles. The average Bonchev–Trinajstić information content (AvgIpc) is 2.25. The Balaban J connectivity index is 2.73. The molecule has 92 valence electrons. The van der Waals surface area contributed by atoms with Crippen molar-refractivity contribution in [3.8, 4) is 0 Å². The van der Waals surface area contributed by atoms with Crippen molar-refractivity contribution in [1.82, 2.24) is 4.90 Å². The number of nitrogens with zero attached hydrogens (tertiary/aromatic N) is 1. The Hall–Kier alpha value is -1.59. The number of rotatable bonds is 3. The molecule has 3 N–H and O–H groups in total. The Morgan fingerprint density at radius 3 is 2.71 bits per heavy atom. The molecular weight excluding hydrogens is 242 g/mol. The molecule has 0 aliphatic heterocycles. The van der Waals surface area contributed by atoms with Crippen molar-refractivity contribution < 1.29 is 9.59 Å². The second-order valence-electron chi connectivity index (χ2n) is 3.40. The highest BCUT2D eigenvalue weighted by atomic mass is 35.5. The van der Waals surface area contributed by atoms with Gasteiger partial charge in [0.1, 0.15) is 0 Å². The summed E-state index contributed by atoms with van der Waals surface area (Å²) in [6.07, 6.45) is 0. The van der Waals surface area contributed by atoms with Gasteiger partial charge in [0.25, 0.3) is 0 Å². The maximum absolute atomic E-state index is 11.8. The lowest BCUT2D eigenvalue weighted by molar-refractivity contribution is -0.125. The number of carbonyl (C=O) groups excluding carboxylic acids is 2. The fourth-order valence-corrected chi connectivity index (χ4v) is 1.48. The minimum Gasteiger partial charge on any atom is -0.329 e. The summed E-state index contributed by atoms with van der Waals surface area (Å²) in [5.74, 6) is -0.352. The fourth-order valence-electron chi connectivity index (χ4n) is 1.29. The summed E-state index contributed by atoms with van der Waals surface area (Å²) in [5, 5.41) is 3.09. The summed E-state index contributed by atoms with van der Waals surface area (Å²) in [5.41, 5.74) is 5.86. The average molecular weight is 256 g/mol. The molecule has 3 amide bonds. The molecule has 0 spiro atoms. The molecule has 1 aromatic rings. The maximum atomic E-state index is 11.8. The fraction of sp³-hybridized carbons (Fsp3) is 0.273. The van der Waals surface area contributed by atoms with E-state index in [9.17, 15) is 9.59 Å². The second-order valence-corrected chi connectivity index (χ2v) is 3.84. The van der Waals surface area contributed by atoms with Gasteiger partial charge in [-0.3, -0.25) is 9.69 Å². The zero-order valence-electron chi connectivity index (χ0n) is 9.44. The molecule has 1 rings (SSSR count). The number of anilines is 1. The third kappa shape index (κ3) is 4.05. The maximum Gasteiger partial charge on any atom is 0.328 e. The summed E-state index contributed by atoms with van der Waals surface area (Å²) in [4.78, 5) is 24.0. The van der Waals surface area contributed by atoms with Crippen LogP contribution < -0.4 is 11.1 Å². The number of amides is 3. The molecule has 0 heterocycles. The van der Waals surface area contributed by atoms with Gasteiger partial charge in [0.15, 0.2) is 0 Å². The smallest absolute Gasteiger partial charge is 0.328 e. The van der Waals surface area contributed by atoms with E-state index in [1.807, 2.05) is 0 Å². The molecule has 0 aromatic heterocycles. The van der Waals surface area contributed by atoms with Gasteiger partial charge in [-0.1, -0.05) is 17.7 Å². The lowest BCUT2D eigenvalue weighted by atomic mass is 10.3. The van der Waals surface area contributed by atoms with Crippen molar-refractivity contribution in [2.75, 3.05) is 18.4 Å². The monoisotopic (exact) mass is 255 g/mol. The Morgan fingerprint density at radius 1 is 1.47 bits per heavy atom. The normalized spacial score (nSPS) is 9.82. The minimum absolute atomic E-state index is 0.182. The first-order valence-electron chi connectivity index (χ1n) is 5.09. The number of hydrogen-bond donors (Lipinski definition) is 2. The molecule has 0 unspecified atom stereocenters. The van der Waals surface area contributed by atoms with Crippen LogP contribution in [0.1, 0.15) is 6.92 Å². The van der Waals surface area contributed by atoms with Crippen LogP contribution in [0.4, 0.5) is 10.5 Å². The van der Waals surface area contributed by atoms with Crippen LogP contribution in [-0.4, -0.2) is 29.9 Å². The number of benzene rings is 1. The van der Waals surface area contributed by atoms with Gasteiger partial charge < -0.3 is 11.1 Å². The standard InChI is InChI=1S/C11H14ClN3O2/c1-8(16)15(6-5-13)11(17)14-10-4-2-3-9(12)7-10/h2-4,7H,5-6,13H2,1H3,(H,14,17). The highest BCUT2D eigenvalue weighted by Gasteiger charge is 2.16. The number of halogens is 1. The third-order valence-electron chi connectivity index (χ3n) is 2.05. The molecule has 0 aliphatic rings. The molecule has 0 aliphatic carbocycles. The van der Waals surface area contributed by atoms with E-state index in [4.69, 9.17) is 17.3 Å². The zero-order chi connectivity index (χ0) is 12.8. The summed E-state index contributed by atoms with van der Waals surface area (Å²) >= 11 is 5.78. The second kappa shape index (κ2) is 6.22. The number of urea groups is 1. The van der Waals surface area contributed by atoms with E-state index < -0.39 is 6.03 Å². The topological polar surface area (TPSA) is 75.4 Å². The minimum atomic E-state index is -0.509. The highest BCUT2D eigenvalue weighted by Crippen LogP contribution is 2.15. The van der Waals surface area contributed by atoms with Gasteiger partial charge in [-0.05, 0) is 18.2 Å². The Bertz CT molecular complexity index is 423. The summed E-state index contributed by atoms with van der Waals surface area (Å²) in [7, 11) is 0. The number of hydrogen-bond acceptors (Lipinski definition) is 3. The quantitative estimate of drug-likeness (QED) is 0.863. The van der Waals surface area contributed by atoms with E-state index in [-0.39, 0.29) is 19.0 Å². The van der Waals surface area contributed by atoms with Gasteiger partial charge in [-0.25, -0.2) is 4.79 Å². The van der Waals surface area contributed by atoms with Gasteiger partial charge in [0.2, 0.25) is 5.91 Å². The molecular formula is C11H14ClN3O2. The van der Waals surface area contributed by atoms with Crippen LogP contribution in [-0.2, 0) is 4.79 Å². The first-order chi connectivity index (χ1) is 8.04. The molecule has 0 radical (unpaired) electrons. The van der Waals surface area contributed by atoms with Crippen molar-refractivity contribution >= 4 is 29.2 Å². The van der Waals surface area contributed by atoms with Gasteiger partial charge in [-0.2, -0.15) is 0 Å².